The Morgan fingerprint density at radius 3 is 2.97 bits per heavy atom. The molecule has 1 amide bonds. The van der Waals surface area contributed by atoms with E-state index in [9.17, 15) is 4.79 Å². The number of likely N-dealkylation sites (N-methyl/N-ethyl adjacent to an activating group) is 1. The van der Waals surface area contributed by atoms with Crippen LogP contribution in [0.5, 0.6) is 5.75 Å². The summed E-state index contributed by atoms with van der Waals surface area (Å²) in [5.41, 5.74) is 3.31. The van der Waals surface area contributed by atoms with Crippen LogP contribution in [0.15, 0.2) is 18.5 Å². The third-order valence-electron chi connectivity index (χ3n) is 6.16. The number of carbonyl (C=O) groups excluding carboxylic acids is 1. The van der Waals surface area contributed by atoms with Crippen LogP contribution in [0.1, 0.15) is 5.69 Å². The van der Waals surface area contributed by atoms with Crippen LogP contribution in [-0.4, -0.2) is 76.5 Å². The maximum atomic E-state index is 13.3. The topological polar surface area (TPSA) is 99.4 Å². The molecule has 0 aliphatic carbocycles. The monoisotopic (exact) mass is 488 g/mol. The van der Waals surface area contributed by atoms with Gasteiger partial charge < -0.3 is 23.8 Å². The lowest BCUT2D eigenvalue weighted by molar-refractivity contribution is -0.150. The van der Waals surface area contributed by atoms with E-state index in [-0.39, 0.29) is 12.5 Å². The summed E-state index contributed by atoms with van der Waals surface area (Å²) >= 11 is 13.1. The van der Waals surface area contributed by atoms with Gasteiger partial charge in [-0.15, -0.1) is 0 Å². The molecule has 1 saturated heterocycles. The Hall–Kier alpha value is -2.77. The zero-order valence-electron chi connectivity index (χ0n) is 18.0. The van der Waals surface area contributed by atoms with Gasteiger partial charge in [-0.1, -0.05) is 23.2 Å². The normalized spacial score (nSPS) is 18.8. The van der Waals surface area contributed by atoms with Gasteiger partial charge in [0.2, 0.25) is 0 Å². The van der Waals surface area contributed by atoms with Crippen LogP contribution in [0.2, 0.25) is 10.0 Å². The number of hydrogen-bond donors (Lipinski definition) is 1. The average Bonchev–Trinajstić information content (AvgIpc) is 3.45. The first-order valence-corrected chi connectivity index (χ1v) is 11.4. The number of nitrogens with zero attached hydrogens (tertiary/aromatic N) is 5. The standard InChI is InChI=1S/C22H22Cl2N6O3/c1-28-5-7-33-17(12-28)22(31)29-3-4-30-15(11-29)18(13-9-26-27-10-13)19-16(32-6-2-25)8-14(23)20(24)21(19)30/h8-10,17H,3-7,11-12H2,1H3,(H,26,27)/t17-/m1/s1. The molecule has 1 N–H and O–H groups in total. The fraction of sp³-hybridized carbons (Fsp3) is 0.409. The summed E-state index contributed by atoms with van der Waals surface area (Å²) in [6, 6.07) is 3.63. The van der Waals surface area contributed by atoms with Crippen molar-refractivity contribution in [2.75, 3.05) is 39.9 Å². The van der Waals surface area contributed by atoms with E-state index in [1.807, 2.05) is 18.0 Å². The number of hydrogen-bond acceptors (Lipinski definition) is 6. The quantitative estimate of drug-likeness (QED) is 0.605. The number of nitrogens with one attached hydrogen (secondary N) is 1. The van der Waals surface area contributed by atoms with E-state index < -0.39 is 6.10 Å². The van der Waals surface area contributed by atoms with Gasteiger partial charge in [0.25, 0.3) is 5.91 Å². The van der Waals surface area contributed by atoms with Gasteiger partial charge in [0.15, 0.2) is 6.61 Å². The van der Waals surface area contributed by atoms with Crippen LogP contribution in [0.4, 0.5) is 0 Å². The number of ether oxygens (including phenoxy) is 2. The summed E-state index contributed by atoms with van der Waals surface area (Å²) < 4.78 is 13.6. The third kappa shape index (κ3) is 3.83. The van der Waals surface area contributed by atoms with Crippen molar-refractivity contribution in [3.05, 3.63) is 34.2 Å². The molecular formula is C22H22Cl2N6O3. The minimum absolute atomic E-state index is 0.0266. The predicted molar refractivity (Wildman–Crippen MR) is 123 cm³/mol. The Kier molecular flexibility index (Phi) is 5.93. The lowest BCUT2D eigenvalue weighted by atomic mass is 10.0. The van der Waals surface area contributed by atoms with Crippen molar-refractivity contribution in [3.8, 4) is 22.9 Å². The Morgan fingerprint density at radius 2 is 2.24 bits per heavy atom. The molecule has 11 heteroatoms. The average molecular weight is 489 g/mol. The fourth-order valence-corrected chi connectivity index (χ4v) is 5.07. The number of rotatable bonds is 4. The number of aromatic amines is 1. The number of benzene rings is 1. The molecule has 2 aromatic heterocycles. The molecule has 2 aliphatic rings. The number of fused-ring (bicyclic) bond motifs is 3. The van der Waals surface area contributed by atoms with Crippen molar-refractivity contribution in [2.24, 2.45) is 0 Å². The minimum atomic E-state index is -0.482. The van der Waals surface area contributed by atoms with Crippen LogP contribution in [0.3, 0.4) is 0 Å². The second-order valence-corrected chi connectivity index (χ2v) is 8.97. The number of carbonyl (C=O) groups is 1. The molecule has 33 heavy (non-hydrogen) atoms. The van der Waals surface area contributed by atoms with E-state index >= 15 is 0 Å². The Morgan fingerprint density at radius 1 is 1.39 bits per heavy atom. The number of aromatic nitrogens is 3. The van der Waals surface area contributed by atoms with Crippen molar-refractivity contribution >= 4 is 40.0 Å². The zero-order chi connectivity index (χ0) is 23.1. The summed E-state index contributed by atoms with van der Waals surface area (Å²) in [6.45, 7) is 3.22. The van der Waals surface area contributed by atoms with Crippen molar-refractivity contribution in [1.29, 1.82) is 5.26 Å². The summed E-state index contributed by atoms with van der Waals surface area (Å²) in [5, 5.41) is 17.5. The Bertz CT molecular complexity index is 1250. The molecule has 3 aromatic rings. The van der Waals surface area contributed by atoms with E-state index in [0.29, 0.717) is 48.6 Å². The van der Waals surface area contributed by atoms with E-state index in [2.05, 4.69) is 19.7 Å². The van der Waals surface area contributed by atoms with Gasteiger partial charge >= 0.3 is 0 Å². The third-order valence-corrected chi connectivity index (χ3v) is 6.94. The number of nitriles is 1. The van der Waals surface area contributed by atoms with Crippen LogP contribution in [0.25, 0.3) is 22.0 Å². The molecule has 0 unspecified atom stereocenters. The highest BCUT2D eigenvalue weighted by molar-refractivity contribution is 6.45. The van der Waals surface area contributed by atoms with Gasteiger partial charge in [0.1, 0.15) is 17.9 Å². The summed E-state index contributed by atoms with van der Waals surface area (Å²) in [7, 11) is 1.99. The molecule has 2 aliphatic heterocycles. The van der Waals surface area contributed by atoms with Crippen molar-refractivity contribution in [1.82, 2.24) is 24.6 Å². The van der Waals surface area contributed by atoms with E-state index in [1.54, 1.807) is 18.5 Å². The summed E-state index contributed by atoms with van der Waals surface area (Å²) in [4.78, 5) is 17.2. The highest BCUT2D eigenvalue weighted by Gasteiger charge is 2.34. The maximum absolute atomic E-state index is 13.3. The molecular weight excluding hydrogens is 467 g/mol. The lowest BCUT2D eigenvalue weighted by Gasteiger charge is -2.35. The van der Waals surface area contributed by atoms with Crippen LogP contribution in [0, 0.1) is 11.3 Å². The zero-order valence-corrected chi connectivity index (χ0v) is 19.5. The number of H-pyrrole nitrogens is 1. The molecule has 0 saturated carbocycles. The first-order valence-electron chi connectivity index (χ1n) is 10.6. The fourth-order valence-electron chi connectivity index (χ4n) is 4.63. The van der Waals surface area contributed by atoms with E-state index in [1.165, 1.54) is 0 Å². The number of halogens is 2. The molecule has 0 bridgehead atoms. The predicted octanol–water partition coefficient (Wildman–Crippen LogP) is 2.91. The van der Waals surface area contributed by atoms with Gasteiger partial charge in [-0.25, -0.2) is 0 Å². The second-order valence-electron chi connectivity index (χ2n) is 8.18. The maximum Gasteiger partial charge on any atom is 0.253 e. The Balaban J connectivity index is 1.64. The van der Waals surface area contributed by atoms with Gasteiger partial charge in [-0.2, -0.15) is 10.4 Å². The summed E-state index contributed by atoms with van der Waals surface area (Å²) in [6.07, 6.45) is 3.02. The largest absolute Gasteiger partial charge is 0.478 e. The number of amides is 1. The molecule has 0 radical (unpaired) electrons. The molecule has 1 atom stereocenters. The highest BCUT2D eigenvalue weighted by Crippen LogP contribution is 2.47. The molecule has 9 nitrogen and oxygen atoms in total. The van der Waals surface area contributed by atoms with Gasteiger partial charge in [-0.3, -0.25) is 9.89 Å². The number of morpholine rings is 1. The van der Waals surface area contributed by atoms with Gasteiger partial charge in [0.05, 0.1) is 40.3 Å². The molecule has 172 valence electrons. The smallest absolute Gasteiger partial charge is 0.253 e. The minimum Gasteiger partial charge on any atom is -0.478 e. The van der Waals surface area contributed by atoms with Crippen molar-refractivity contribution in [3.63, 3.8) is 0 Å². The molecule has 5 rings (SSSR count). The second kappa shape index (κ2) is 8.88. The molecule has 0 spiro atoms. The SMILES string of the molecule is CN1CCO[C@@H](C(=O)N2CCn3c(c(-c4cn[nH]c4)c4c(OCC#N)cc(Cl)c(Cl)c43)C2)C1. The van der Waals surface area contributed by atoms with Crippen molar-refractivity contribution in [2.45, 2.75) is 19.2 Å². The van der Waals surface area contributed by atoms with Crippen LogP contribution < -0.4 is 4.74 Å². The molecule has 4 heterocycles. The lowest BCUT2D eigenvalue weighted by Crippen LogP contribution is -2.51. The summed E-state index contributed by atoms with van der Waals surface area (Å²) in [5.74, 6) is 0.440. The van der Waals surface area contributed by atoms with E-state index in [4.69, 9.17) is 37.9 Å². The van der Waals surface area contributed by atoms with E-state index in [0.717, 1.165) is 34.3 Å². The highest BCUT2D eigenvalue weighted by atomic mass is 35.5. The van der Waals surface area contributed by atoms with Crippen LogP contribution >= 0.6 is 23.2 Å². The first-order chi connectivity index (χ1) is 16.0. The van der Waals surface area contributed by atoms with Crippen molar-refractivity contribution < 1.29 is 14.3 Å². The van der Waals surface area contributed by atoms with Gasteiger partial charge in [0, 0.05) is 55.3 Å². The Labute approximate surface area is 200 Å². The molecule has 1 aromatic carbocycles. The van der Waals surface area contributed by atoms with Crippen LogP contribution in [-0.2, 0) is 22.6 Å². The molecule has 1 fully saturated rings. The first kappa shape index (κ1) is 22.0. The van der Waals surface area contributed by atoms with Gasteiger partial charge in [-0.05, 0) is 7.05 Å².